The lowest BCUT2D eigenvalue weighted by molar-refractivity contribution is 0.625. The summed E-state index contributed by atoms with van der Waals surface area (Å²) in [6.07, 6.45) is 5.32. The minimum atomic E-state index is -0.230. The van der Waals surface area contributed by atoms with Crippen molar-refractivity contribution in [3.8, 4) is 0 Å². The van der Waals surface area contributed by atoms with Crippen LogP contribution in [0.1, 0.15) is 5.56 Å². The number of aromatic nitrogens is 2. The second-order valence-corrected chi connectivity index (χ2v) is 3.83. The summed E-state index contributed by atoms with van der Waals surface area (Å²) in [6.45, 7) is 0.695. The third-order valence-corrected chi connectivity index (χ3v) is 2.67. The Bertz CT molecular complexity index is 426. The van der Waals surface area contributed by atoms with E-state index in [-0.39, 0.29) is 5.82 Å². The molecule has 0 aliphatic rings. The predicted octanol–water partition coefficient (Wildman–Crippen LogP) is 2.83. The molecule has 1 aromatic carbocycles. The minimum absolute atomic E-state index is 0.230. The Balaban J connectivity index is 2.25. The van der Waals surface area contributed by atoms with Crippen LogP contribution in [-0.2, 0) is 6.54 Å². The molecule has 1 aromatic heterocycles. The first kappa shape index (κ1) is 9.40. The Morgan fingerprint density at radius 1 is 1.43 bits per heavy atom. The van der Waals surface area contributed by atoms with Crippen LogP contribution in [0.3, 0.4) is 0 Å². The van der Waals surface area contributed by atoms with Gasteiger partial charge >= 0.3 is 0 Å². The Morgan fingerprint density at radius 3 is 2.93 bits per heavy atom. The lowest BCUT2D eigenvalue weighted by atomic mass is 10.2. The summed E-state index contributed by atoms with van der Waals surface area (Å²) in [4.78, 5) is 3.94. The van der Waals surface area contributed by atoms with Crippen LogP contribution in [0.2, 0.25) is 0 Å². The maximum atomic E-state index is 12.8. The van der Waals surface area contributed by atoms with E-state index in [1.54, 1.807) is 18.6 Å². The molecular weight excluding hydrogens is 247 g/mol. The van der Waals surface area contributed by atoms with Crippen molar-refractivity contribution < 1.29 is 4.39 Å². The van der Waals surface area contributed by atoms with E-state index in [1.807, 2.05) is 10.8 Å². The average Bonchev–Trinajstić information content (AvgIpc) is 2.62. The molecule has 0 aliphatic carbocycles. The molecule has 0 amide bonds. The fourth-order valence-corrected chi connectivity index (χ4v) is 1.70. The Morgan fingerprint density at radius 2 is 2.29 bits per heavy atom. The highest BCUT2D eigenvalue weighted by Crippen LogP contribution is 2.18. The van der Waals surface area contributed by atoms with E-state index in [9.17, 15) is 4.39 Å². The molecule has 0 saturated heterocycles. The Kier molecular flexibility index (Phi) is 2.63. The number of halogens is 2. The summed E-state index contributed by atoms with van der Waals surface area (Å²) in [5.41, 5.74) is 1.03. The topological polar surface area (TPSA) is 17.8 Å². The van der Waals surface area contributed by atoms with Gasteiger partial charge in [-0.25, -0.2) is 9.37 Å². The number of benzene rings is 1. The van der Waals surface area contributed by atoms with E-state index < -0.39 is 0 Å². The molecule has 1 heterocycles. The summed E-state index contributed by atoms with van der Waals surface area (Å²) in [6, 6.07) is 4.68. The van der Waals surface area contributed by atoms with Crippen molar-refractivity contribution in [2.45, 2.75) is 6.54 Å². The average molecular weight is 255 g/mol. The first-order valence-corrected chi connectivity index (χ1v) is 4.94. The van der Waals surface area contributed by atoms with Gasteiger partial charge in [0.05, 0.1) is 6.33 Å². The quantitative estimate of drug-likeness (QED) is 0.806. The molecule has 0 aliphatic heterocycles. The number of hydrogen-bond donors (Lipinski definition) is 0. The van der Waals surface area contributed by atoms with E-state index in [1.165, 1.54) is 12.1 Å². The van der Waals surface area contributed by atoms with Crippen molar-refractivity contribution in [2.75, 3.05) is 0 Å². The van der Waals surface area contributed by atoms with Crippen molar-refractivity contribution in [2.24, 2.45) is 0 Å². The van der Waals surface area contributed by atoms with Gasteiger partial charge in [0.1, 0.15) is 5.82 Å². The molecule has 2 nitrogen and oxygen atoms in total. The molecule has 0 unspecified atom stereocenters. The van der Waals surface area contributed by atoms with Gasteiger partial charge in [-0.3, -0.25) is 0 Å². The summed E-state index contributed by atoms with van der Waals surface area (Å²) >= 11 is 3.32. The zero-order valence-electron chi connectivity index (χ0n) is 7.32. The predicted molar refractivity (Wildman–Crippen MR) is 55.4 cm³/mol. The maximum absolute atomic E-state index is 12.8. The van der Waals surface area contributed by atoms with Crippen molar-refractivity contribution in [1.82, 2.24) is 9.55 Å². The second kappa shape index (κ2) is 3.92. The van der Waals surface area contributed by atoms with Gasteiger partial charge in [0.25, 0.3) is 0 Å². The largest absolute Gasteiger partial charge is 0.333 e. The third-order valence-electron chi connectivity index (χ3n) is 1.93. The van der Waals surface area contributed by atoms with Gasteiger partial charge < -0.3 is 4.57 Å². The summed E-state index contributed by atoms with van der Waals surface area (Å²) < 4.78 is 15.5. The van der Waals surface area contributed by atoms with Crippen LogP contribution in [0.25, 0.3) is 0 Å². The van der Waals surface area contributed by atoms with Crippen molar-refractivity contribution in [1.29, 1.82) is 0 Å². The molecule has 0 spiro atoms. The van der Waals surface area contributed by atoms with Gasteiger partial charge in [0, 0.05) is 23.4 Å². The van der Waals surface area contributed by atoms with Crippen LogP contribution in [0, 0.1) is 5.82 Å². The molecule has 0 bridgehead atoms. The molecule has 72 valence electrons. The zero-order valence-corrected chi connectivity index (χ0v) is 8.91. The maximum Gasteiger partial charge on any atom is 0.124 e. The van der Waals surface area contributed by atoms with Crippen molar-refractivity contribution in [3.63, 3.8) is 0 Å². The first-order valence-electron chi connectivity index (χ1n) is 4.15. The Labute approximate surface area is 89.5 Å². The molecule has 0 radical (unpaired) electrons. The monoisotopic (exact) mass is 254 g/mol. The van der Waals surface area contributed by atoms with Gasteiger partial charge in [-0.1, -0.05) is 22.0 Å². The highest BCUT2D eigenvalue weighted by molar-refractivity contribution is 9.10. The van der Waals surface area contributed by atoms with Gasteiger partial charge in [-0.05, 0) is 17.7 Å². The molecule has 0 atom stereocenters. The van der Waals surface area contributed by atoms with E-state index in [0.717, 1.165) is 10.0 Å². The van der Waals surface area contributed by atoms with Gasteiger partial charge in [0.15, 0.2) is 0 Å². The van der Waals surface area contributed by atoms with Gasteiger partial charge in [-0.2, -0.15) is 0 Å². The number of imidazole rings is 1. The summed E-state index contributed by atoms with van der Waals surface area (Å²) in [5, 5.41) is 0. The van der Waals surface area contributed by atoms with Crippen LogP contribution in [0.5, 0.6) is 0 Å². The lowest BCUT2D eigenvalue weighted by Crippen LogP contribution is -1.97. The van der Waals surface area contributed by atoms with Crippen LogP contribution in [0.4, 0.5) is 4.39 Å². The van der Waals surface area contributed by atoms with Crippen LogP contribution in [0.15, 0.2) is 41.4 Å². The van der Waals surface area contributed by atoms with E-state index in [2.05, 4.69) is 20.9 Å². The Hall–Kier alpha value is -1.16. The number of nitrogens with zero attached hydrogens (tertiary/aromatic N) is 2. The molecule has 0 fully saturated rings. The second-order valence-electron chi connectivity index (χ2n) is 2.97. The summed E-state index contributed by atoms with van der Waals surface area (Å²) in [7, 11) is 0. The van der Waals surface area contributed by atoms with E-state index >= 15 is 0 Å². The molecule has 2 aromatic rings. The third kappa shape index (κ3) is 2.01. The number of rotatable bonds is 2. The minimum Gasteiger partial charge on any atom is -0.333 e. The number of hydrogen-bond acceptors (Lipinski definition) is 1. The standard InChI is InChI=1S/C10H8BrFN2/c11-10-5-9(12)2-1-8(10)6-14-4-3-13-7-14/h1-5,7H,6H2. The first-order chi connectivity index (χ1) is 6.75. The van der Waals surface area contributed by atoms with Crippen LogP contribution < -0.4 is 0 Å². The highest BCUT2D eigenvalue weighted by atomic mass is 79.9. The molecule has 4 heteroatoms. The normalized spacial score (nSPS) is 10.4. The smallest absolute Gasteiger partial charge is 0.124 e. The van der Waals surface area contributed by atoms with Crippen molar-refractivity contribution in [3.05, 3.63) is 52.8 Å². The zero-order chi connectivity index (χ0) is 9.97. The molecule has 14 heavy (non-hydrogen) atoms. The highest BCUT2D eigenvalue weighted by Gasteiger charge is 2.01. The SMILES string of the molecule is Fc1ccc(Cn2ccnc2)c(Br)c1. The fraction of sp³-hybridized carbons (Fsp3) is 0.100. The van der Waals surface area contributed by atoms with Crippen LogP contribution in [-0.4, -0.2) is 9.55 Å². The van der Waals surface area contributed by atoms with E-state index in [4.69, 9.17) is 0 Å². The van der Waals surface area contributed by atoms with E-state index in [0.29, 0.717) is 6.54 Å². The van der Waals surface area contributed by atoms with Gasteiger partial charge in [0.2, 0.25) is 0 Å². The fourth-order valence-electron chi connectivity index (χ4n) is 1.23. The summed E-state index contributed by atoms with van der Waals surface area (Å²) in [5.74, 6) is -0.230. The van der Waals surface area contributed by atoms with Gasteiger partial charge in [-0.15, -0.1) is 0 Å². The molecule has 0 saturated carbocycles. The lowest BCUT2D eigenvalue weighted by Gasteiger charge is -2.04. The van der Waals surface area contributed by atoms with Crippen LogP contribution >= 0.6 is 15.9 Å². The molecule has 2 rings (SSSR count). The van der Waals surface area contributed by atoms with Crippen molar-refractivity contribution >= 4 is 15.9 Å². The molecular formula is C10H8BrFN2. The molecule has 0 N–H and O–H groups in total.